The van der Waals surface area contributed by atoms with Crippen molar-refractivity contribution < 1.29 is 4.79 Å². The number of rotatable bonds is 3. The van der Waals surface area contributed by atoms with Crippen LogP contribution in [0.25, 0.3) is 0 Å². The van der Waals surface area contributed by atoms with Crippen LogP contribution >= 0.6 is 11.6 Å². The van der Waals surface area contributed by atoms with Crippen LogP contribution in [0.15, 0.2) is 12.1 Å². The highest BCUT2D eigenvalue weighted by Gasteiger charge is 2.22. The zero-order valence-corrected chi connectivity index (χ0v) is 9.42. The Morgan fingerprint density at radius 3 is 2.81 bits per heavy atom. The quantitative estimate of drug-likeness (QED) is 0.550. The number of aromatic nitrogens is 1. The lowest BCUT2D eigenvalue weighted by Gasteiger charge is -2.26. The SMILES string of the molecule is NNc1ccc(Cl)c(C(=O)NC2CCC2)n1. The van der Waals surface area contributed by atoms with Crippen LogP contribution in [-0.4, -0.2) is 16.9 Å². The van der Waals surface area contributed by atoms with Gasteiger partial charge in [0.15, 0.2) is 0 Å². The molecule has 1 heterocycles. The molecule has 86 valence electrons. The van der Waals surface area contributed by atoms with Gasteiger partial charge in [0, 0.05) is 6.04 Å². The number of nitrogens with zero attached hydrogens (tertiary/aromatic N) is 1. The fourth-order valence-corrected chi connectivity index (χ4v) is 1.68. The lowest BCUT2D eigenvalue weighted by atomic mass is 9.93. The second-order valence-electron chi connectivity index (χ2n) is 3.77. The van der Waals surface area contributed by atoms with E-state index in [9.17, 15) is 4.79 Å². The molecule has 1 aromatic rings. The summed E-state index contributed by atoms with van der Waals surface area (Å²) in [4.78, 5) is 15.8. The molecule has 0 radical (unpaired) electrons. The van der Waals surface area contributed by atoms with E-state index in [2.05, 4.69) is 15.7 Å². The Morgan fingerprint density at radius 2 is 2.25 bits per heavy atom. The predicted molar refractivity (Wildman–Crippen MR) is 62.2 cm³/mol. The van der Waals surface area contributed by atoms with Gasteiger partial charge in [-0.05, 0) is 31.4 Å². The molecule has 1 amide bonds. The maximum Gasteiger partial charge on any atom is 0.271 e. The molecular weight excluding hydrogens is 228 g/mol. The first kappa shape index (κ1) is 11.2. The summed E-state index contributed by atoms with van der Waals surface area (Å²) in [5.74, 6) is 5.40. The van der Waals surface area contributed by atoms with Gasteiger partial charge in [-0.15, -0.1) is 0 Å². The largest absolute Gasteiger partial charge is 0.348 e. The van der Waals surface area contributed by atoms with E-state index < -0.39 is 0 Å². The molecule has 1 aromatic heterocycles. The highest BCUT2D eigenvalue weighted by molar-refractivity contribution is 6.33. The smallest absolute Gasteiger partial charge is 0.271 e. The number of halogens is 1. The highest BCUT2D eigenvalue weighted by atomic mass is 35.5. The number of nitrogen functional groups attached to an aromatic ring is 1. The van der Waals surface area contributed by atoms with Gasteiger partial charge in [0.25, 0.3) is 5.91 Å². The van der Waals surface area contributed by atoms with Crippen LogP contribution in [0.1, 0.15) is 29.8 Å². The molecule has 1 aliphatic rings. The summed E-state index contributed by atoms with van der Waals surface area (Å²) in [5, 5.41) is 3.20. The van der Waals surface area contributed by atoms with Crippen LogP contribution in [0.2, 0.25) is 5.02 Å². The molecule has 1 fully saturated rings. The van der Waals surface area contributed by atoms with Crippen LogP contribution in [-0.2, 0) is 0 Å². The third-order valence-corrected chi connectivity index (χ3v) is 2.95. The molecule has 0 atom stereocenters. The van der Waals surface area contributed by atoms with Gasteiger partial charge in [-0.2, -0.15) is 0 Å². The van der Waals surface area contributed by atoms with E-state index in [0.717, 1.165) is 19.3 Å². The van der Waals surface area contributed by atoms with E-state index in [1.54, 1.807) is 12.1 Å². The van der Waals surface area contributed by atoms with Gasteiger partial charge in [-0.25, -0.2) is 10.8 Å². The number of hydrogen-bond donors (Lipinski definition) is 3. The summed E-state index contributed by atoms with van der Waals surface area (Å²) in [6.45, 7) is 0. The first-order valence-electron chi connectivity index (χ1n) is 5.14. The summed E-state index contributed by atoms with van der Waals surface area (Å²) < 4.78 is 0. The van der Waals surface area contributed by atoms with Gasteiger partial charge < -0.3 is 10.7 Å². The van der Waals surface area contributed by atoms with E-state index in [0.29, 0.717) is 10.8 Å². The average molecular weight is 241 g/mol. The van der Waals surface area contributed by atoms with E-state index in [4.69, 9.17) is 17.4 Å². The van der Waals surface area contributed by atoms with Crippen molar-refractivity contribution in [2.45, 2.75) is 25.3 Å². The number of hydrogen-bond acceptors (Lipinski definition) is 4. The van der Waals surface area contributed by atoms with Gasteiger partial charge in [0.1, 0.15) is 11.5 Å². The van der Waals surface area contributed by atoms with Crippen LogP contribution in [0.5, 0.6) is 0 Å². The Bertz CT molecular complexity index is 406. The van der Waals surface area contributed by atoms with Crippen molar-refractivity contribution in [3.8, 4) is 0 Å². The minimum absolute atomic E-state index is 0.212. The molecule has 0 aliphatic heterocycles. The van der Waals surface area contributed by atoms with Crippen molar-refractivity contribution in [3.63, 3.8) is 0 Å². The van der Waals surface area contributed by atoms with Crippen LogP contribution in [0, 0.1) is 0 Å². The Labute approximate surface area is 98.3 Å². The van der Waals surface area contributed by atoms with Gasteiger partial charge in [0.2, 0.25) is 0 Å². The Kier molecular flexibility index (Phi) is 3.26. The fraction of sp³-hybridized carbons (Fsp3) is 0.400. The number of amides is 1. The van der Waals surface area contributed by atoms with Crippen molar-refractivity contribution in [1.82, 2.24) is 10.3 Å². The number of nitrogens with one attached hydrogen (secondary N) is 2. The molecule has 1 aliphatic carbocycles. The molecule has 0 unspecified atom stereocenters. The maximum absolute atomic E-state index is 11.8. The Hall–Kier alpha value is -1.33. The first-order valence-corrected chi connectivity index (χ1v) is 5.52. The lowest BCUT2D eigenvalue weighted by Crippen LogP contribution is -2.40. The topological polar surface area (TPSA) is 80.0 Å². The van der Waals surface area contributed by atoms with Crippen molar-refractivity contribution in [1.29, 1.82) is 0 Å². The summed E-state index contributed by atoms with van der Waals surface area (Å²) in [6, 6.07) is 3.47. The molecule has 2 rings (SSSR count). The molecule has 16 heavy (non-hydrogen) atoms. The third kappa shape index (κ3) is 2.25. The number of carbonyl (C=O) groups is 1. The molecule has 0 aromatic carbocycles. The number of anilines is 1. The first-order chi connectivity index (χ1) is 7.70. The molecule has 1 saturated carbocycles. The normalized spacial score (nSPS) is 15.4. The number of nitrogens with two attached hydrogens (primary N) is 1. The molecule has 6 heteroatoms. The highest BCUT2D eigenvalue weighted by Crippen LogP contribution is 2.20. The van der Waals surface area contributed by atoms with Crippen molar-refractivity contribution >= 4 is 23.3 Å². The number of pyridine rings is 1. The van der Waals surface area contributed by atoms with E-state index in [1.165, 1.54) is 0 Å². The standard InChI is InChI=1S/C10H13ClN4O/c11-7-4-5-8(15-12)14-9(7)10(16)13-6-2-1-3-6/h4-6H,1-3,12H2,(H,13,16)(H,14,15). The fourth-order valence-electron chi connectivity index (χ4n) is 1.49. The van der Waals surface area contributed by atoms with Crippen molar-refractivity contribution in [2.75, 3.05) is 5.43 Å². The molecule has 5 nitrogen and oxygen atoms in total. The lowest BCUT2D eigenvalue weighted by molar-refractivity contribution is 0.0912. The van der Waals surface area contributed by atoms with Gasteiger partial charge >= 0.3 is 0 Å². The van der Waals surface area contributed by atoms with E-state index >= 15 is 0 Å². The Balaban J connectivity index is 2.13. The monoisotopic (exact) mass is 240 g/mol. The van der Waals surface area contributed by atoms with Crippen LogP contribution in [0.3, 0.4) is 0 Å². The average Bonchev–Trinajstić information content (AvgIpc) is 2.24. The van der Waals surface area contributed by atoms with Crippen molar-refractivity contribution in [3.05, 3.63) is 22.8 Å². The zero-order valence-electron chi connectivity index (χ0n) is 8.66. The van der Waals surface area contributed by atoms with Crippen molar-refractivity contribution in [2.24, 2.45) is 5.84 Å². The van der Waals surface area contributed by atoms with Gasteiger partial charge in [-0.3, -0.25) is 4.79 Å². The van der Waals surface area contributed by atoms with Gasteiger partial charge in [0.05, 0.1) is 5.02 Å². The molecular formula is C10H13ClN4O. The molecule has 0 spiro atoms. The van der Waals surface area contributed by atoms with Gasteiger partial charge in [-0.1, -0.05) is 11.6 Å². The predicted octanol–water partition coefficient (Wildman–Crippen LogP) is 1.30. The minimum atomic E-state index is -0.244. The number of hydrazine groups is 1. The van der Waals surface area contributed by atoms with E-state index in [-0.39, 0.29) is 17.6 Å². The third-order valence-electron chi connectivity index (χ3n) is 2.65. The Morgan fingerprint density at radius 1 is 1.50 bits per heavy atom. The molecule has 4 N–H and O–H groups in total. The summed E-state index contributed by atoms with van der Waals surface area (Å²) in [7, 11) is 0. The zero-order chi connectivity index (χ0) is 11.5. The summed E-state index contributed by atoms with van der Waals surface area (Å²) >= 11 is 5.90. The summed E-state index contributed by atoms with van der Waals surface area (Å²) in [6.07, 6.45) is 3.22. The maximum atomic E-state index is 11.8. The van der Waals surface area contributed by atoms with E-state index in [1.807, 2.05) is 0 Å². The van der Waals surface area contributed by atoms with Crippen LogP contribution < -0.4 is 16.6 Å². The minimum Gasteiger partial charge on any atom is -0.348 e. The summed E-state index contributed by atoms with van der Waals surface area (Å²) in [5.41, 5.74) is 2.59. The number of carbonyl (C=O) groups excluding carboxylic acids is 1. The molecule has 0 saturated heterocycles. The second-order valence-corrected chi connectivity index (χ2v) is 4.18. The van der Waals surface area contributed by atoms with Crippen LogP contribution in [0.4, 0.5) is 5.82 Å². The second kappa shape index (κ2) is 4.67. The molecule has 0 bridgehead atoms.